The molecule has 0 spiro atoms. The first-order valence-corrected chi connectivity index (χ1v) is 6.84. The summed E-state index contributed by atoms with van der Waals surface area (Å²) < 4.78 is 0. The quantitative estimate of drug-likeness (QED) is 0.873. The molecule has 2 heterocycles. The van der Waals surface area contributed by atoms with E-state index in [2.05, 4.69) is 31.0 Å². The Bertz CT molecular complexity index is 473. The number of hydrogen-bond acceptors (Lipinski definition) is 3. The van der Waals surface area contributed by atoms with Gasteiger partial charge in [-0.15, -0.1) is 11.3 Å². The fourth-order valence-corrected chi connectivity index (χ4v) is 2.98. The summed E-state index contributed by atoms with van der Waals surface area (Å²) in [6.07, 6.45) is 4.33. The molecule has 0 fully saturated rings. The Morgan fingerprint density at radius 3 is 2.76 bits per heavy atom. The van der Waals surface area contributed by atoms with Crippen LogP contribution in [-0.2, 0) is 0 Å². The van der Waals surface area contributed by atoms with Gasteiger partial charge in [0.05, 0.1) is 0 Å². The summed E-state index contributed by atoms with van der Waals surface area (Å²) in [5.74, 6) is 1.23. The number of nitrogens with zero attached hydrogens (tertiary/aromatic N) is 1. The minimum Gasteiger partial charge on any atom is -0.384 e. The molecule has 3 heteroatoms. The third-order valence-electron chi connectivity index (χ3n) is 2.91. The first-order valence-electron chi connectivity index (χ1n) is 6.02. The van der Waals surface area contributed by atoms with Crippen molar-refractivity contribution in [2.45, 2.75) is 32.6 Å². The topological polar surface area (TPSA) is 38.9 Å². The summed E-state index contributed by atoms with van der Waals surface area (Å²) in [6, 6.07) is 8.29. The number of nitrogen functional groups attached to an aromatic ring is 1. The molecule has 0 aromatic carbocycles. The van der Waals surface area contributed by atoms with Gasteiger partial charge in [-0.25, -0.2) is 4.98 Å². The summed E-state index contributed by atoms with van der Waals surface area (Å²) in [7, 11) is 0. The molecule has 0 saturated heterocycles. The van der Waals surface area contributed by atoms with Gasteiger partial charge in [-0.1, -0.05) is 20.3 Å². The van der Waals surface area contributed by atoms with Gasteiger partial charge in [0.25, 0.3) is 0 Å². The maximum atomic E-state index is 5.59. The number of pyridine rings is 1. The number of rotatable bonds is 4. The average Bonchev–Trinajstić information content (AvgIpc) is 2.80. The number of thiophene rings is 1. The Hall–Kier alpha value is -1.35. The van der Waals surface area contributed by atoms with Gasteiger partial charge in [-0.05, 0) is 36.6 Å². The smallest absolute Gasteiger partial charge is 0.123 e. The highest BCUT2D eigenvalue weighted by Crippen LogP contribution is 2.33. The molecular formula is C14H18N2S. The second kappa shape index (κ2) is 5.32. The van der Waals surface area contributed by atoms with Crippen LogP contribution >= 0.6 is 11.3 Å². The second-order valence-electron chi connectivity index (χ2n) is 4.36. The van der Waals surface area contributed by atoms with Crippen molar-refractivity contribution in [3.63, 3.8) is 0 Å². The molecule has 1 unspecified atom stereocenters. The molecule has 0 radical (unpaired) electrons. The van der Waals surface area contributed by atoms with E-state index in [-0.39, 0.29) is 0 Å². The van der Waals surface area contributed by atoms with Crippen LogP contribution in [0.15, 0.2) is 30.5 Å². The molecule has 2 rings (SSSR count). The first kappa shape index (κ1) is 12.1. The predicted molar refractivity (Wildman–Crippen MR) is 75.3 cm³/mol. The van der Waals surface area contributed by atoms with Crippen LogP contribution in [-0.4, -0.2) is 4.98 Å². The van der Waals surface area contributed by atoms with Crippen LogP contribution < -0.4 is 5.73 Å². The fourth-order valence-electron chi connectivity index (χ4n) is 1.90. The lowest BCUT2D eigenvalue weighted by molar-refractivity contribution is 0.675. The minimum absolute atomic E-state index is 0.574. The van der Waals surface area contributed by atoms with Gasteiger partial charge in [0, 0.05) is 21.5 Å². The summed E-state index contributed by atoms with van der Waals surface area (Å²) in [5.41, 5.74) is 6.74. The van der Waals surface area contributed by atoms with Gasteiger partial charge in [0.2, 0.25) is 0 Å². The molecule has 2 nitrogen and oxygen atoms in total. The Morgan fingerprint density at radius 1 is 1.29 bits per heavy atom. The van der Waals surface area contributed by atoms with Gasteiger partial charge in [0.15, 0.2) is 0 Å². The molecule has 1 atom stereocenters. The lowest BCUT2D eigenvalue weighted by Gasteiger charge is -2.06. The molecule has 2 N–H and O–H groups in total. The Kier molecular flexibility index (Phi) is 3.79. The molecule has 0 amide bonds. The molecule has 2 aromatic heterocycles. The van der Waals surface area contributed by atoms with Crippen molar-refractivity contribution in [2.24, 2.45) is 0 Å². The zero-order valence-corrected chi connectivity index (χ0v) is 11.1. The van der Waals surface area contributed by atoms with Crippen LogP contribution in [0.2, 0.25) is 0 Å². The van der Waals surface area contributed by atoms with Crippen LogP contribution in [0.5, 0.6) is 0 Å². The zero-order chi connectivity index (χ0) is 12.3. The summed E-state index contributed by atoms with van der Waals surface area (Å²) >= 11 is 1.86. The number of hydrogen-bond donors (Lipinski definition) is 1. The molecule has 17 heavy (non-hydrogen) atoms. The molecule has 0 aliphatic rings. The average molecular weight is 246 g/mol. The normalized spacial score (nSPS) is 12.6. The van der Waals surface area contributed by atoms with Crippen LogP contribution in [0.3, 0.4) is 0 Å². The molecular weight excluding hydrogens is 228 g/mol. The van der Waals surface area contributed by atoms with Gasteiger partial charge >= 0.3 is 0 Å². The second-order valence-corrected chi connectivity index (χ2v) is 5.48. The van der Waals surface area contributed by atoms with Crippen molar-refractivity contribution in [1.82, 2.24) is 4.98 Å². The monoisotopic (exact) mass is 246 g/mol. The molecule has 0 bridgehead atoms. The molecule has 0 aliphatic heterocycles. The van der Waals surface area contributed by atoms with E-state index in [1.807, 2.05) is 29.7 Å². The van der Waals surface area contributed by atoms with Crippen molar-refractivity contribution in [2.75, 3.05) is 5.73 Å². The van der Waals surface area contributed by atoms with Crippen molar-refractivity contribution < 1.29 is 0 Å². The van der Waals surface area contributed by atoms with Gasteiger partial charge < -0.3 is 5.73 Å². The van der Waals surface area contributed by atoms with Crippen LogP contribution in [0, 0.1) is 0 Å². The predicted octanol–water partition coefficient (Wildman–Crippen LogP) is 4.30. The summed E-state index contributed by atoms with van der Waals surface area (Å²) in [5, 5.41) is 0. The lowest BCUT2D eigenvalue weighted by Crippen LogP contribution is -1.88. The third kappa shape index (κ3) is 2.86. The zero-order valence-electron chi connectivity index (χ0n) is 10.3. The van der Waals surface area contributed by atoms with E-state index in [0.717, 1.165) is 5.56 Å². The highest BCUT2D eigenvalue weighted by molar-refractivity contribution is 7.15. The standard InChI is InChI=1S/C14H18N2S/c1-3-4-10(2)12-6-7-13(17-12)11-5-8-14(15)16-9-11/h5-10H,3-4H2,1-2H3,(H2,15,16). The maximum Gasteiger partial charge on any atom is 0.123 e. The number of aromatic nitrogens is 1. The Balaban J connectivity index is 2.20. The largest absolute Gasteiger partial charge is 0.384 e. The fraction of sp³-hybridized carbons (Fsp3) is 0.357. The van der Waals surface area contributed by atoms with Gasteiger partial charge in [-0.2, -0.15) is 0 Å². The first-order chi connectivity index (χ1) is 8.20. The lowest BCUT2D eigenvalue weighted by atomic mass is 10.0. The number of anilines is 1. The van der Waals surface area contributed by atoms with Crippen molar-refractivity contribution in [3.05, 3.63) is 35.3 Å². The molecule has 0 saturated carbocycles. The van der Waals surface area contributed by atoms with E-state index in [4.69, 9.17) is 5.73 Å². The van der Waals surface area contributed by atoms with E-state index < -0.39 is 0 Å². The van der Waals surface area contributed by atoms with E-state index in [9.17, 15) is 0 Å². The Morgan fingerprint density at radius 2 is 2.12 bits per heavy atom. The van der Waals surface area contributed by atoms with Gasteiger partial charge in [-0.3, -0.25) is 0 Å². The van der Waals surface area contributed by atoms with Gasteiger partial charge in [0.1, 0.15) is 5.82 Å². The summed E-state index contributed by atoms with van der Waals surface area (Å²) in [4.78, 5) is 6.86. The van der Waals surface area contributed by atoms with Crippen molar-refractivity contribution in [1.29, 1.82) is 0 Å². The Labute approximate surface area is 107 Å². The van der Waals surface area contributed by atoms with Crippen molar-refractivity contribution in [3.8, 4) is 10.4 Å². The van der Waals surface area contributed by atoms with Crippen molar-refractivity contribution >= 4 is 17.2 Å². The highest BCUT2D eigenvalue weighted by Gasteiger charge is 2.09. The van der Waals surface area contributed by atoms with E-state index in [0.29, 0.717) is 11.7 Å². The van der Waals surface area contributed by atoms with Crippen LogP contribution in [0.4, 0.5) is 5.82 Å². The van der Waals surface area contributed by atoms with Crippen LogP contribution in [0.1, 0.15) is 37.5 Å². The SMILES string of the molecule is CCCC(C)c1ccc(-c2ccc(N)nc2)s1. The molecule has 90 valence electrons. The van der Waals surface area contributed by atoms with E-state index in [1.165, 1.54) is 22.6 Å². The number of nitrogens with two attached hydrogens (primary N) is 1. The molecule has 2 aromatic rings. The third-order valence-corrected chi connectivity index (χ3v) is 4.27. The highest BCUT2D eigenvalue weighted by atomic mass is 32.1. The summed E-state index contributed by atoms with van der Waals surface area (Å²) in [6.45, 7) is 4.52. The minimum atomic E-state index is 0.574. The van der Waals surface area contributed by atoms with E-state index in [1.54, 1.807) is 0 Å². The van der Waals surface area contributed by atoms with Crippen LogP contribution in [0.25, 0.3) is 10.4 Å². The molecule has 0 aliphatic carbocycles. The maximum absolute atomic E-state index is 5.59. The van der Waals surface area contributed by atoms with E-state index >= 15 is 0 Å².